The first kappa shape index (κ1) is 15.3. The smallest absolute Gasteiger partial charge is 0.374 e. The van der Waals surface area contributed by atoms with E-state index in [9.17, 15) is 0 Å². The van der Waals surface area contributed by atoms with Gasteiger partial charge in [-0.25, -0.2) is 0 Å². The van der Waals surface area contributed by atoms with E-state index in [4.69, 9.17) is 29.6 Å². The van der Waals surface area contributed by atoms with Crippen molar-refractivity contribution in [2.75, 3.05) is 26.2 Å². The van der Waals surface area contributed by atoms with Crippen LogP contribution >= 0.6 is 11.6 Å². The highest BCUT2D eigenvalue weighted by molar-refractivity contribution is 6.61. The van der Waals surface area contributed by atoms with Crippen LogP contribution in [0.3, 0.4) is 0 Å². The van der Waals surface area contributed by atoms with Gasteiger partial charge in [-0.2, -0.15) is 0 Å². The Morgan fingerprint density at radius 2 is 1.73 bits per heavy atom. The maximum absolute atomic E-state index is 5.74. The standard InChI is InChI=1S/C9H21ClO4Si/c1-5-12-15(8-7-10,13-6-2)14-9(3)11-4/h9H,5-8H2,1-4H3. The normalized spacial score (nSPS) is 14.2. The molecular formula is C9H21ClO4Si. The first-order valence-corrected chi connectivity index (χ1v) is 7.65. The second-order valence-corrected chi connectivity index (χ2v) is 5.97. The molecule has 0 fully saturated rings. The van der Waals surface area contributed by atoms with Crippen LogP contribution in [0.2, 0.25) is 6.04 Å². The van der Waals surface area contributed by atoms with E-state index in [0.29, 0.717) is 25.1 Å². The van der Waals surface area contributed by atoms with Crippen molar-refractivity contribution in [2.45, 2.75) is 33.1 Å². The molecule has 0 aliphatic heterocycles. The average Bonchev–Trinajstić information content (AvgIpc) is 2.18. The summed E-state index contributed by atoms with van der Waals surface area (Å²) in [5.74, 6) is 0.461. The highest BCUT2D eigenvalue weighted by atomic mass is 35.5. The first-order chi connectivity index (χ1) is 7.14. The van der Waals surface area contributed by atoms with Gasteiger partial charge in [-0.05, 0) is 20.8 Å². The zero-order chi connectivity index (χ0) is 11.7. The van der Waals surface area contributed by atoms with Gasteiger partial charge >= 0.3 is 8.80 Å². The highest BCUT2D eigenvalue weighted by Crippen LogP contribution is 2.19. The van der Waals surface area contributed by atoms with E-state index >= 15 is 0 Å². The molecule has 0 aliphatic carbocycles. The summed E-state index contributed by atoms with van der Waals surface area (Å²) in [5.41, 5.74) is 0. The minimum absolute atomic E-state index is 0.335. The summed E-state index contributed by atoms with van der Waals surface area (Å²) in [7, 11) is -1.05. The Kier molecular flexibility index (Phi) is 8.69. The zero-order valence-electron chi connectivity index (χ0n) is 9.92. The van der Waals surface area contributed by atoms with E-state index in [1.54, 1.807) is 7.11 Å². The molecule has 0 saturated carbocycles. The molecule has 0 bridgehead atoms. The van der Waals surface area contributed by atoms with Crippen molar-refractivity contribution >= 4 is 20.4 Å². The Morgan fingerprint density at radius 1 is 1.20 bits per heavy atom. The van der Waals surface area contributed by atoms with Gasteiger partial charge in [0.2, 0.25) is 0 Å². The molecule has 0 aliphatic rings. The maximum Gasteiger partial charge on any atom is 0.504 e. The van der Waals surface area contributed by atoms with Crippen LogP contribution in [0.15, 0.2) is 0 Å². The van der Waals surface area contributed by atoms with Crippen molar-refractivity contribution < 1.29 is 18.0 Å². The van der Waals surface area contributed by atoms with E-state index in [-0.39, 0.29) is 6.29 Å². The summed E-state index contributed by atoms with van der Waals surface area (Å²) < 4.78 is 22.0. The van der Waals surface area contributed by atoms with Gasteiger partial charge in [0, 0.05) is 32.2 Å². The minimum Gasteiger partial charge on any atom is -0.374 e. The molecule has 4 nitrogen and oxygen atoms in total. The molecule has 0 aromatic rings. The second kappa shape index (κ2) is 8.49. The molecule has 0 rings (SSSR count). The van der Waals surface area contributed by atoms with Crippen LogP contribution in [0.1, 0.15) is 20.8 Å². The third-order valence-corrected chi connectivity index (χ3v) is 5.32. The van der Waals surface area contributed by atoms with Crippen LogP contribution < -0.4 is 0 Å². The van der Waals surface area contributed by atoms with E-state index in [1.165, 1.54) is 0 Å². The Hall–Kier alpha value is 0.347. The molecule has 0 radical (unpaired) electrons. The fourth-order valence-corrected chi connectivity index (χ4v) is 4.20. The number of halogens is 1. The van der Waals surface area contributed by atoms with Crippen LogP contribution in [-0.2, 0) is 18.0 Å². The Labute approximate surface area is 98.2 Å². The molecule has 0 heterocycles. The maximum atomic E-state index is 5.74. The van der Waals surface area contributed by atoms with Crippen LogP contribution in [-0.4, -0.2) is 41.3 Å². The molecule has 0 spiro atoms. The summed E-state index contributed by atoms with van der Waals surface area (Å²) in [6, 6.07) is 0.601. The molecule has 1 unspecified atom stereocenters. The molecule has 0 aromatic carbocycles. The number of alkyl halides is 1. The number of ether oxygens (including phenoxy) is 1. The fourth-order valence-electron chi connectivity index (χ4n) is 1.17. The number of hydrogen-bond donors (Lipinski definition) is 0. The van der Waals surface area contributed by atoms with Crippen molar-refractivity contribution in [1.29, 1.82) is 0 Å². The van der Waals surface area contributed by atoms with E-state index in [1.807, 2.05) is 20.8 Å². The van der Waals surface area contributed by atoms with Gasteiger partial charge in [0.1, 0.15) is 6.29 Å². The zero-order valence-corrected chi connectivity index (χ0v) is 11.7. The minimum atomic E-state index is -2.64. The van der Waals surface area contributed by atoms with Crippen molar-refractivity contribution in [3.8, 4) is 0 Å². The lowest BCUT2D eigenvalue weighted by Crippen LogP contribution is -2.48. The molecule has 0 aromatic heterocycles. The molecule has 15 heavy (non-hydrogen) atoms. The predicted octanol–water partition coefficient (Wildman–Crippen LogP) is 2.25. The van der Waals surface area contributed by atoms with Gasteiger partial charge in [-0.15, -0.1) is 11.6 Å². The number of methoxy groups -OCH3 is 1. The second-order valence-electron chi connectivity index (χ2n) is 2.91. The lowest BCUT2D eigenvalue weighted by Gasteiger charge is -2.30. The van der Waals surface area contributed by atoms with E-state index in [2.05, 4.69) is 0 Å². The Morgan fingerprint density at radius 3 is 2.07 bits per heavy atom. The first-order valence-electron chi connectivity index (χ1n) is 5.18. The van der Waals surface area contributed by atoms with Gasteiger partial charge in [-0.3, -0.25) is 0 Å². The van der Waals surface area contributed by atoms with Crippen molar-refractivity contribution in [1.82, 2.24) is 0 Å². The molecule has 0 saturated heterocycles. The third kappa shape index (κ3) is 5.84. The molecule has 92 valence electrons. The summed E-state index contributed by atoms with van der Waals surface area (Å²) in [6.07, 6.45) is -0.335. The summed E-state index contributed by atoms with van der Waals surface area (Å²) in [4.78, 5) is 0. The Bertz CT molecular complexity index is 142. The predicted molar refractivity (Wildman–Crippen MR) is 62.1 cm³/mol. The highest BCUT2D eigenvalue weighted by Gasteiger charge is 2.41. The van der Waals surface area contributed by atoms with Gasteiger partial charge in [-0.1, -0.05) is 0 Å². The Balaban J connectivity index is 4.44. The van der Waals surface area contributed by atoms with Crippen LogP contribution in [0.5, 0.6) is 0 Å². The summed E-state index contributed by atoms with van der Waals surface area (Å²) >= 11 is 5.74. The van der Waals surface area contributed by atoms with Crippen LogP contribution in [0.25, 0.3) is 0 Å². The SMILES string of the molecule is CCO[Si](CCCl)(OCC)OC(C)OC. The molecule has 0 N–H and O–H groups in total. The lowest BCUT2D eigenvalue weighted by molar-refractivity contribution is -0.0880. The lowest BCUT2D eigenvalue weighted by atomic mass is 10.8. The molecule has 0 amide bonds. The van der Waals surface area contributed by atoms with Crippen molar-refractivity contribution in [3.63, 3.8) is 0 Å². The monoisotopic (exact) mass is 256 g/mol. The van der Waals surface area contributed by atoms with E-state index in [0.717, 1.165) is 0 Å². The number of rotatable bonds is 9. The number of hydrogen-bond acceptors (Lipinski definition) is 4. The van der Waals surface area contributed by atoms with Gasteiger partial charge in [0.25, 0.3) is 0 Å². The van der Waals surface area contributed by atoms with Crippen molar-refractivity contribution in [3.05, 3.63) is 0 Å². The molecule has 6 heteroatoms. The third-order valence-electron chi connectivity index (χ3n) is 1.81. The molecule has 1 atom stereocenters. The van der Waals surface area contributed by atoms with Crippen molar-refractivity contribution in [2.24, 2.45) is 0 Å². The largest absolute Gasteiger partial charge is 0.504 e. The quantitative estimate of drug-likeness (QED) is 0.360. The molecular weight excluding hydrogens is 236 g/mol. The van der Waals surface area contributed by atoms with Gasteiger partial charge < -0.3 is 18.0 Å². The van der Waals surface area contributed by atoms with Gasteiger partial charge in [0.15, 0.2) is 0 Å². The fraction of sp³-hybridized carbons (Fsp3) is 1.00. The van der Waals surface area contributed by atoms with Crippen LogP contribution in [0.4, 0.5) is 0 Å². The summed E-state index contributed by atoms with van der Waals surface area (Å²) in [5, 5.41) is 0. The van der Waals surface area contributed by atoms with Gasteiger partial charge in [0.05, 0.1) is 0 Å². The van der Waals surface area contributed by atoms with Crippen LogP contribution in [0, 0.1) is 0 Å². The van der Waals surface area contributed by atoms with E-state index < -0.39 is 8.80 Å². The topological polar surface area (TPSA) is 36.9 Å². The average molecular weight is 257 g/mol. The summed E-state index contributed by atoms with van der Waals surface area (Å²) in [6.45, 7) is 6.75.